The fourth-order valence-electron chi connectivity index (χ4n) is 2.96. The molecule has 1 saturated carbocycles. The van der Waals surface area contributed by atoms with Gasteiger partial charge in [0.05, 0.1) is 0 Å². The molecule has 1 aromatic rings. The second-order valence-corrected chi connectivity index (χ2v) is 6.13. The third kappa shape index (κ3) is 3.03. The minimum Gasteiger partial charge on any atom is -0.492 e. The highest BCUT2D eigenvalue weighted by atomic mass is 19.4. The van der Waals surface area contributed by atoms with E-state index >= 15 is 0 Å². The molecule has 0 aromatic heterocycles. The number of rotatable bonds is 4. The Hall–Kier alpha value is -1.23. The zero-order chi connectivity index (χ0) is 14.9. The van der Waals surface area contributed by atoms with Crippen molar-refractivity contribution in [3.05, 3.63) is 29.8 Å². The van der Waals surface area contributed by atoms with E-state index in [-0.39, 0.29) is 19.4 Å². The lowest BCUT2D eigenvalue weighted by molar-refractivity contribution is -0.194. The molecule has 5 heteroatoms. The van der Waals surface area contributed by atoms with Gasteiger partial charge in [-0.15, -0.1) is 0 Å². The number of hydrogen-bond donors (Lipinski definition) is 1. The van der Waals surface area contributed by atoms with Crippen LogP contribution < -0.4 is 10.1 Å². The van der Waals surface area contributed by atoms with Gasteiger partial charge in [-0.25, -0.2) is 0 Å². The van der Waals surface area contributed by atoms with Crippen molar-refractivity contribution in [3.63, 3.8) is 0 Å². The molecule has 2 aliphatic rings. The van der Waals surface area contributed by atoms with E-state index in [4.69, 9.17) is 4.74 Å². The average molecular weight is 299 g/mol. The first-order valence-corrected chi connectivity index (χ1v) is 7.51. The monoisotopic (exact) mass is 299 g/mol. The minimum atomic E-state index is -4.16. The Labute approximate surface area is 122 Å². The molecule has 1 aromatic carbocycles. The number of halogens is 3. The van der Waals surface area contributed by atoms with Gasteiger partial charge >= 0.3 is 6.18 Å². The van der Waals surface area contributed by atoms with E-state index in [9.17, 15) is 13.2 Å². The molecule has 1 aliphatic carbocycles. The van der Waals surface area contributed by atoms with Crippen molar-refractivity contribution in [2.75, 3.05) is 19.7 Å². The molecule has 0 unspecified atom stereocenters. The first-order chi connectivity index (χ1) is 10.0. The maximum atomic E-state index is 13.0. The van der Waals surface area contributed by atoms with Gasteiger partial charge in [0.15, 0.2) is 0 Å². The predicted octanol–water partition coefficient (Wildman–Crippen LogP) is 3.87. The Morgan fingerprint density at radius 2 is 1.81 bits per heavy atom. The Balaban J connectivity index is 1.71. The number of para-hydroxylation sites is 1. The van der Waals surface area contributed by atoms with Crippen LogP contribution in [-0.4, -0.2) is 25.9 Å². The first kappa shape index (κ1) is 14.7. The summed E-state index contributed by atoms with van der Waals surface area (Å²) in [5, 5.41) is 3.30. The predicted molar refractivity (Wildman–Crippen MR) is 74.5 cm³/mol. The second-order valence-electron chi connectivity index (χ2n) is 6.13. The number of alkyl halides is 3. The van der Waals surface area contributed by atoms with E-state index in [1.165, 1.54) is 0 Å². The molecule has 0 atom stereocenters. The van der Waals surface area contributed by atoms with E-state index in [1.807, 2.05) is 18.2 Å². The van der Waals surface area contributed by atoms with E-state index in [0.717, 1.165) is 31.5 Å². The fraction of sp³-hybridized carbons (Fsp3) is 0.625. The van der Waals surface area contributed by atoms with Crippen LogP contribution in [0.25, 0.3) is 0 Å². The highest BCUT2D eigenvalue weighted by molar-refractivity contribution is 5.36. The lowest BCUT2D eigenvalue weighted by Gasteiger charge is -2.26. The van der Waals surface area contributed by atoms with Crippen molar-refractivity contribution < 1.29 is 17.9 Å². The smallest absolute Gasteiger partial charge is 0.397 e. The lowest BCUT2D eigenvalue weighted by atomic mass is 9.89. The number of nitrogens with one attached hydrogen (secondary N) is 1. The van der Waals surface area contributed by atoms with Crippen LogP contribution in [-0.2, 0) is 0 Å². The number of benzene rings is 1. The SMILES string of the molecule is FC(F)(F)C1(COc2ccccc2C2CCNCC2)CC1. The maximum absolute atomic E-state index is 13.0. The molecular weight excluding hydrogens is 279 g/mol. The maximum Gasteiger partial charge on any atom is 0.397 e. The van der Waals surface area contributed by atoms with Crippen molar-refractivity contribution in [3.8, 4) is 5.75 Å². The fourth-order valence-corrected chi connectivity index (χ4v) is 2.96. The standard InChI is InChI=1S/C16H20F3NO/c17-16(18,19)15(7-8-15)11-21-14-4-2-1-3-13(14)12-5-9-20-10-6-12/h1-4,12,20H,5-11H2. The van der Waals surface area contributed by atoms with Gasteiger partial charge in [0.25, 0.3) is 0 Å². The highest BCUT2D eigenvalue weighted by Crippen LogP contribution is 2.57. The van der Waals surface area contributed by atoms with Crippen LogP contribution >= 0.6 is 0 Å². The molecule has 21 heavy (non-hydrogen) atoms. The molecule has 0 bridgehead atoms. The van der Waals surface area contributed by atoms with Gasteiger partial charge in [0.1, 0.15) is 17.8 Å². The Morgan fingerprint density at radius 1 is 1.14 bits per heavy atom. The van der Waals surface area contributed by atoms with Gasteiger partial charge < -0.3 is 10.1 Å². The summed E-state index contributed by atoms with van der Waals surface area (Å²) in [6.45, 7) is 1.65. The molecule has 0 radical (unpaired) electrons. The molecule has 3 rings (SSSR count). The number of ether oxygens (including phenoxy) is 1. The van der Waals surface area contributed by atoms with Crippen LogP contribution in [0.15, 0.2) is 24.3 Å². The lowest BCUT2D eigenvalue weighted by Crippen LogP contribution is -2.31. The molecule has 2 fully saturated rings. The quantitative estimate of drug-likeness (QED) is 0.911. The van der Waals surface area contributed by atoms with Gasteiger partial charge in [-0.2, -0.15) is 13.2 Å². The highest BCUT2D eigenvalue weighted by Gasteiger charge is 2.63. The van der Waals surface area contributed by atoms with E-state index in [2.05, 4.69) is 5.32 Å². The average Bonchev–Trinajstić information content (AvgIpc) is 3.27. The molecule has 0 spiro atoms. The van der Waals surface area contributed by atoms with Crippen LogP contribution in [0.5, 0.6) is 5.75 Å². The third-order valence-electron chi connectivity index (χ3n) is 4.66. The van der Waals surface area contributed by atoms with Crippen molar-refractivity contribution in [1.82, 2.24) is 5.32 Å². The Kier molecular flexibility index (Phi) is 3.86. The number of piperidine rings is 1. The second kappa shape index (κ2) is 5.52. The van der Waals surface area contributed by atoms with Crippen LogP contribution in [0.4, 0.5) is 13.2 Å². The summed E-state index contributed by atoms with van der Waals surface area (Å²) in [7, 11) is 0. The summed E-state index contributed by atoms with van der Waals surface area (Å²) in [6.07, 6.45) is -1.77. The van der Waals surface area contributed by atoms with Crippen LogP contribution in [0, 0.1) is 5.41 Å². The van der Waals surface area contributed by atoms with Gasteiger partial charge in [-0.1, -0.05) is 18.2 Å². The molecule has 1 N–H and O–H groups in total. The number of hydrogen-bond acceptors (Lipinski definition) is 2. The minimum absolute atomic E-state index is 0.187. The summed E-state index contributed by atoms with van der Waals surface area (Å²) < 4.78 is 44.5. The Morgan fingerprint density at radius 3 is 2.43 bits per heavy atom. The molecule has 1 saturated heterocycles. The molecule has 1 aliphatic heterocycles. The van der Waals surface area contributed by atoms with Gasteiger partial charge in [-0.05, 0) is 56.3 Å². The summed E-state index contributed by atoms with van der Waals surface area (Å²) in [5.74, 6) is 1.00. The topological polar surface area (TPSA) is 21.3 Å². The van der Waals surface area contributed by atoms with Gasteiger partial charge in [0.2, 0.25) is 0 Å². The van der Waals surface area contributed by atoms with Crippen molar-refractivity contribution in [1.29, 1.82) is 0 Å². The van der Waals surface area contributed by atoms with E-state index in [1.54, 1.807) is 6.07 Å². The largest absolute Gasteiger partial charge is 0.492 e. The zero-order valence-corrected chi connectivity index (χ0v) is 11.9. The Bertz CT molecular complexity index is 491. The molecular formula is C16H20F3NO. The molecule has 0 amide bonds. The third-order valence-corrected chi connectivity index (χ3v) is 4.66. The summed E-state index contributed by atoms with van der Waals surface area (Å²) in [4.78, 5) is 0. The summed E-state index contributed by atoms with van der Waals surface area (Å²) >= 11 is 0. The first-order valence-electron chi connectivity index (χ1n) is 7.51. The molecule has 2 nitrogen and oxygen atoms in total. The zero-order valence-electron chi connectivity index (χ0n) is 11.9. The molecule has 1 heterocycles. The van der Waals surface area contributed by atoms with Crippen LogP contribution in [0.3, 0.4) is 0 Å². The van der Waals surface area contributed by atoms with Crippen LogP contribution in [0.2, 0.25) is 0 Å². The van der Waals surface area contributed by atoms with Gasteiger partial charge in [0, 0.05) is 0 Å². The van der Waals surface area contributed by atoms with E-state index in [0.29, 0.717) is 11.7 Å². The van der Waals surface area contributed by atoms with Gasteiger partial charge in [-0.3, -0.25) is 0 Å². The normalized spacial score (nSPS) is 22.0. The van der Waals surface area contributed by atoms with Crippen molar-refractivity contribution in [2.45, 2.75) is 37.8 Å². The van der Waals surface area contributed by atoms with E-state index < -0.39 is 11.6 Å². The summed E-state index contributed by atoms with van der Waals surface area (Å²) in [6, 6.07) is 7.54. The summed E-state index contributed by atoms with van der Waals surface area (Å²) in [5.41, 5.74) is -0.550. The van der Waals surface area contributed by atoms with Crippen molar-refractivity contribution in [2.24, 2.45) is 5.41 Å². The van der Waals surface area contributed by atoms with Crippen LogP contribution in [0.1, 0.15) is 37.2 Å². The molecule has 116 valence electrons. The van der Waals surface area contributed by atoms with Crippen molar-refractivity contribution >= 4 is 0 Å².